The van der Waals surface area contributed by atoms with E-state index >= 15 is 0 Å². The zero-order valence-electron chi connectivity index (χ0n) is 20.1. The first-order valence-electron chi connectivity index (χ1n) is 11.6. The van der Waals surface area contributed by atoms with E-state index in [1.807, 2.05) is 31.2 Å². The van der Waals surface area contributed by atoms with Crippen molar-refractivity contribution in [3.8, 4) is 5.75 Å². The quantitative estimate of drug-likeness (QED) is 0.0926. The maximum atomic E-state index is 13.3. The first kappa shape index (κ1) is 25.9. The van der Waals surface area contributed by atoms with Crippen molar-refractivity contribution in [1.82, 2.24) is 15.2 Å². The number of aliphatic hydroxyl groups is 1. The van der Waals surface area contributed by atoms with Crippen molar-refractivity contribution in [3.63, 3.8) is 0 Å². The highest BCUT2D eigenvalue weighted by Gasteiger charge is 2.48. The molecule has 0 aliphatic carbocycles. The lowest BCUT2D eigenvalue weighted by atomic mass is 9.96. The minimum absolute atomic E-state index is 0.0485. The van der Waals surface area contributed by atoms with Crippen molar-refractivity contribution in [2.24, 2.45) is 0 Å². The average Bonchev–Trinajstić information content (AvgIpc) is 3.51. The number of rotatable bonds is 8. The smallest absolute Gasteiger partial charge is 0.301 e. The second-order valence-corrected chi connectivity index (χ2v) is 10.7. The van der Waals surface area contributed by atoms with Gasteiger partial charge in [0.25, 0.3) is 5.78 Å². The number of amides is 1. The van der Waals surface area contributed by atoms with E-state index in [2.05, 4.69) is 15.2 Å². The lowest BCUT2D eigenvalue weighted by molar-refractivity contribution is -0.132. The second kappa shape index (κ2) is 11.3. The van der Waals surface area contributed by atoms with Crippen molar-refractivity contribution in [1.29, 1.82) is 0 Å². The van der Waals surface area contributed by atoms with E-state index in [9.17, 15) is 14.7 Å². The summed E-state index contributed by atoms with van der Waals surface area (Å²) in [4.78, 5) is 32.0. The summed E-state index contributed by atoms with van der Waals surface area (Å²) in [6.07, 6.45) is 3.15. The molecule has 0 bridgehead atoms. The third kappa shape index (κ3) is 5.15. The molecule has 1 aliphatic heterocycles. The fourth-order valence-corrected chi connectivity index (χ4v) is 6.18. The van der Waals surface area contributed by atoms with Crippen LogP contribution in [0.3, 0.4) is 0 Å². The number of hydrogen-bond donors (Lipinski definition) is 1. The number of ketones is 1. The third-order valence-corrected chi connectivity index (χ3v) is 8.27. The normalized spacial score (nSPS) is 16.7. The number of aliphatic hydroxyl groups excluding tert-OH is 1. The Balaban J connectivity index is 1.51. The van der Waals surface area contributed by atoms with Crippen LogP contribution in [-0.4, -0.2) is 38.6 Å². The molecule has 1 N–H and O–H groups in total. The van der Waals surface area contributed by atoms with Crippen LogP contribution >= 0.6 is 34.7 Å². The van der Waals surface area contributed by atoms with Gasteiger partial charge < -0.3 is 9.84 Å². The first-order valence-corrected chi connectivity index (χ1v) is 13.8. The molecule has 0 saturated carbocycles. The van der Waals surface area contributed by atoms with Crippen LogP contribution in [0, 0.1) is 0 Å². The van der Waals surface area contributed by atoms with Crippen molar-refractivity contribution in [3.05, 3.63) is 100 Å². The largest absolute Gasteiger partial charge is 0.507 e. The molecule has 3 heterocycles. The Labute approximate surface area is 232 Å². The molecule has 0 radical (unpaired) electrons. The molecule has 1 atom stereocenters. The lowest BCUT2D eigenvalue weighted by Crippen LogP contribution is -2.29. The second-order valence-electron chi connectivity index (χ2n) is 8.14. The lowest BCUT2D eigenvalue weighted by Gasteiger charge is -2.22. The third-order valence-electron chi connectivity index (χ3n) is 5.79. The van der Waals surface area contributed by atoms with Gasteiger partial charge in [0.05, 0.1) is 18.2 Å². The maximum absolute atomic E-state index is 13.3. The number of hydrogen-bond acceptors (Lipinski definition) is 9. The van der Waals surface area contributed by atoms with E-state index in [0.29, 0.717) is 38.6 Å². The first-order chi connectivity index (χ1) is 18.5. The van der Waals surface area contributed by atoms with Gasteiger partial charge in [-0.2, -0.15) is 0 Å². The molecule has 2 aromatic heterocycles. The highest BCUT2D eigenvalue weighted by Crippen LogP contribution is 2.44. The Kier molecular flexibility index (Phi) is 7.73. The van der Waals surface area contributed by atoms with Gasteiger partial charge in [-0.25, -0.2) is 0 Å². The predicted molar refractivity (Wildman–Crippen MR) is 148 cm³/mol. The molecular weight excluding hydrogens is 544 g/mol. The summed E-state index contributed by atoms with van der Waals surface area (Å²) in [6, 6.07) is 16.7. The summed E-state index contributed by atoms with van der Waals surface area (Å²) >= 11 is 8.88. The van der Waals surface area contributed by atoms with E-state index in [4.69, 9.17) is 16.3 Å². The molecule has 11 heteroatoms. The number of carbonyl (C=O) groups is 2. The molecule has 1 amide bonds. The van der Waals surface area contributed by atoms with Crippen LogP contribution in [0.15, 0.2) is 83.0 Å². The Bertz CT molecular complexity index is 1510. The fourth-order valence-electron chi connectivity index (χ4n) is 4.03. The summed E-state index contributed by atoms with van der Waals surface area (Å²) in [7, 11) is 0. The number of benzene rings is 2. The average molecular weight is 565 g/mol. The predicted octanol–water partition coefficient (Wildman–Crippen LogP) is 5.90. The zero-order valence-corrected chi connectivity index (χ0v) is 22.5. The van der Waals surface area contributed by atoms with Gasteiger partial charge in [-0.3, -0.25) is 19.5 Å². The SMILES string of the molecule is CCOc1ccc(/C(O)=C2/C(=O)C(=O)N(c3nnc(SCc4ccccc4Cl)s3)C2c2cccnc2)cc1. The monoisotopic (exact) mass is 564 g/mol. The molecule has 2 aromatic carbocycles. The topological polar surface area (TPSA) is 106 Å². The summed E-state index contributed by atoms with van der Waals surface area (Å²) in [6.45, 7) is 2.37. The summed E-state index contributed by atoms with van der Waals surface area (Å²) in [5.41, 5.74) is 1.84. The van der Waals surface area contributed by atoms with Crippen molar-refractivity contribution in [2.45, 2.75) is 23.1 Å². The van der Waals surface area contributed by atoms with Gasteiger partial charge in [0.1, 0.15) is 11.5 Å². The van der Waals surface area contributed by atoms with Gasteiger partial charge in [0, 0.05) is 28.7 Å². The number of nitrogens with zero attached hydrogens (tertiary/aromatic N) is 4. The molecular formula is C27H21ClN4O4S2. The molecule has 1 fully saturated rings. The number of anilines is 1. The molecule has 5 rings (SSSR count). The van der Waals surface area contributed by atoms with Gasteiger partial charge in [0.15, 0.2) is 4.34 Å². The molecule has 1 saturated heterocycles. The van der Waals surface area contributed by atoms with Gasteiger partial charge >= 0.3 is 5.91 Å². The summed E-state index contributed by atoms with van der Waals surface area (Å²) in [5, 5.41) is 20.6. The molecule has 4 aromatic rings. The maximum Gasteiger partial charge on any atom is 0.301 e. The number of halogens is 1. The number of aromatic nitrogens is 3. The van der Waals surface area contributed by atoms with E-state index < -0.39 is 17.7 Å². The van der Waals surface area contributed by atoms with Gasteiger partial charge in [-0.15, -0.1) is 10.2 Å². The number of ether oxygens (including phenoxy) is 1. The molecule has 8 nitrogen and oxygen atoms in total. The Morgan fingerprint density at radius 3 is 2.61 bits per heavy atom. The fraction of sp³-hybridized carbons (Fsp3) is 0.148. The van der Waals surface area contributed by atoms with Gasteiger partial charge in [-0.05, 0) is 54.4 Å². The van der Waals surface area contributed by atoms with Gasteiger partial charge in [0.2, 0.25) is 5.13 Å². The minimum atomic E-state index is -0.926. The number of carbonyl (C=O) groups excluding carboxylic acids is 2. The van der Waals surface area contributed by atoms with E-state index in [1.54, 1.807) is 48.8 Å². The Hall–Kier alpha value is -3.73. The van der Waals surface area contributed by atoms with Crippen LogP contribution in [0.5, 0.6) is 5.75 Å². The van der Waals surface area contributed by atoms with Crippen molar-refractivity contribution < 1.29 is 19.4 Å². The standard InChI is InChI=1S/C27H21ClN4O4S2/c1-2-36-19-11-9-16(10-12-19)23(33)21-22(17-7-5-13-29-14-17)32(25(35)24(21)34)26-30-31-27(38-26)37-15-18-6-3-4-8-20(18)28/h3-14,22,33H,2,15H2,1H3/b23-21-. The summed E-state index contributed by atoms with van der Waals surface area (Å²) < 4.78 is 6.08. The Morgan fingerprint density at radius 2 is 1.89 bits per heavy atom. The molecule has 1 unspecified atom stereocenters. The van der Waals surface area contributed by atoms with Crippen molar-refractivity contribution >= 4 is 57.3 Å². The molecule has 192 valence electrons. The van der Waals surface area contributed by atoms with Gasteiger partial charge in [-0.1, -0.05) is 59.0 Å². The van der Waals surface area contributed by atoms with Crippen molar-refractivity contribution in [2.75, 3.05) is 11.5 Å². The Morgan fingerprint density at radius 1 is 1.11 bits per heavy atom. The molecule has 0 spiro atoms. The van der Waals surface area contributed by atoms with E-state index in [-0.39, 0.29) is 16.5 Å². The summed E-state index contributed by atoms with van der Waals surface area (Å²) in [5.74, 6) is -0.711. The highest BCUT2D eigenvalue weighted by molar-refractivity contribution is 8.00. The van der Waals surface area contributed by atoms with Crippen LogP contribution < -0.4 is 9.64 Å². The van der Waals surface area contributed by atoms with Crippen LogP contribution in [0.25, 0.3) is 5.76 Å². The minimum Gasteiger partial charge on any atom is -0.507 e. The van der Waals surface area contributed by atoms with E-state index in [1.165, 1.54) is 28.0 Å². The molecule has 38 heavy (non-hydrogen) atoms. The van der Waals surface area contributed by atoms with E-state index in [0.717, 1.165) is 5.56 Å². The van der Waals surface area contributed by atoms with Crippen LogP contribution in [0.4, 0.5) is 5.13 Å². The zero-order chi connectivity index (χ0) is 26.6. The van der Waals surface area contributed by atoms with Crippen LogP contribution in [-0.2, 0) is 15.3 Å². The number of pyridine rings is 1. The highest BCUT2D eigenvalue weighted by atomic mass is 35.5. The number of Topliss-reactive ketones (excluding diaryl/α,β-unsaturated/α-hetero) is 1. The number of thioether (sulfide) groups is 1. The van der Waals surface area contributed by atoms with Crippen LogP contribution in [0.1, 0.15) is 29.7 Å². The molecule has 1 aliphatic rings. The van der Waals surface area contributed by atoms with Crippen LogP contribution in [0.2, 0.25) is 5.02 Å².